The number of nitrogens with two attached hydrogens (primary N) is 1. The second-order valence-electron chi connectivity index (χ2n) is 5.40. The largest absolute Gasteiger partial charge is 0.418 e. The van der Waals surface area contributed by atoms with Crippen LogP contribution in [-0.2, 0) is 6.18 Å². The number of hydrogen-bond donors (Lipinski definition) is 1. The molecule has 0 spiro atoms. The van der Waals surface area contributed by atoms with Crippen molar-refractivity contribution in [1.29, 1.82) is 0 Å². The molecular formula is C13H17F3N2. The topological polar surface area (TPSA) is 29.3 Å². The minimum Gasteiger partial charge on any atom is -0.364 e. The summed E-state index contributed by atoms with van der Waals surface area (Å²) in [4.78, 5) is 1.76. The fraction of sp³-hybridized carbons (Fsp3) is 0.538. The molecule has 1 saturated heterocycles. The lowest BCUT2D eigenvalue weighted by Crippen LogP contribution is -2.39. The molecule has 100 valence electrons. The average molecular weight is 258 g/mol. The molecule has 0 aromatic heterocycles. The lowest BCUT2D eigenvalue weighted by Gasteiger charge is -2.35. The van der Waals surface area contributed by atoms with Crippen molar-refractivity contribution in [2.75, 3.05) is 11.4 Å². The molecule has 1 aromatic carbocycles. The minimum absolute atomic E-state index is 0.0821. The van der Waals surface area contributed by atoms with Crippen LogP contribution in [0.5, 0.6) is 0 Å². The summed E-state index contributed by atoms with van der Waals surface area (Å²) in [6, 6.07) is 5.60. The predicted molar refractivity (Wildman–Crippen MR) is 65.5 cm³/mol. The molecule has 2 rings (SSSR count). The Morgan fingerprint density at radius 3 is 2.39 bits per heavy atom. The van der Waals surface area contributed by atoms with Gasteiger partial charge in [0.05, 0.1) is 5.56 Å². The Kier molecular flexibility index (Phi) is 3.05. The van der Waals surface area contributed by atoms with Gasteiger partial charge >= 0.3 is 6.18 Å². The zero-order chi connectivity index (χ0) is 13.6. The van der Waals surface area contributed by atoms with Gasteiger partial charge in [0, 0.05) is 23.8 Å². The molecule has 0 radical (unpaired) electrons. The van der Waals surface area contributed by atoms with Crippen LogP contribution in [0.25, 0.3) is 0 Å². The van der Waals surface area contributed by atoms with Gasteiger partial charge in [0.15, 0.2) is 0 Å². The van der Waals surface area contributed by atoms with Crippen molar-refractivity contribution >= 4 is 5.69 Å². The number of hydrogen-bond acceptors (Lipinski definition) is 2. The first-order valence-corrected chi connectivity index (χ1v) is 5.91. The summed E-state index contributed by atoms with van der Waals surface area (Å²) in [6.45, 7) is 4.31. The highest BCUT2D eigenvalue weighted by atomic mass is 19.4. The van der Waals surface area contributed by atoms with Crippen LogP contribution in [0.4, 0.5) is 18.9 Å². The molecule has 18 heavy (non-hydrogen) atoms. The van der Waals surface area contributed by atoms with Gasteiger partial charge in [-0.05, 0) is 32.4 Å². The van der Waals surface area contributed by atoms with Gasteiger partial charge in [-0.2, -0.15) is 13.2 Å². The molecule has 2 N–H and O–H groups in total. The summed E-state index contributed by atoms with van der Waals surface area (Å²) < 4.78 is 39.0. The number of nitrogens with zero attached hydrogens (tertiary/aromatic N) is 1. The van der Waals surface area contributed by atoms with Gasteiger partial charge in [0.25, 0.3) is 0 Å². The highest BCUT2D eigenvalue weighted by Gasteiger charge is 2.41. The number of rotatable bonds is 1. The number of anilines is 1. The summed E-state index contributed by atoms with van der Waals surface area (Å²) in [5, 5.41) is 0. The molecule has 1 atom stereocenters. The van der Waals surface area contributed by atoms with Crippen molar-refractivity contribution in [3.05, 3.63) is 29.8 Å². The van der Waals surface area contributed by atoms with Crippen molar-refractivity contribution in [2.45, 2.75) is 38.0 Å². The third-order valence-corrected chi connectivity index (χ3v) is 3.41. The maximum Gasteiger partial charge on any atom is 0.418 e. The van der Waals surface area contributed by atoms with Crippen molar-refractivity contribution in [3.63, 3.8) is 0 Å². The molecule has 1 fully saturated rings. The molecule has 1 aliphatic rings. The summed E-state index contributed by atoms with van der Waals surface area (Å²) in [7, 11) is 0. The quantitative estimate of drug-likeness (QED) is 0.839. The van der Waals surface area contributed by atoms with Crippen LogP contribution in [-0.4, -0.2) is 18.1 Å². The van der Waals surface area contributed by atoms with E-state index in [4.69, 9.17) is 5.73 Å². The van der Waals surface area contributed by atoms with Gasteiger partial charge in [-0.3, -0.25) is 0 Å². The Morgan fingerprint density at radius 2 is 1.89 bits per heavy atom. The number of halogens is 3. The van der Waals surface area contributed by atoms with Crippen LogP contribution in [0.1, 0.15) is 25.8 Å². The zero-order valence-corrected chi connectivity index (χ0v) is 10.5. The highest BCUT2D eigenvalue weighted by Crippen LogP contribution is 2.41. The second kappa shape index (κ2) is 4.16. The SMILES string of the molecule is CC1(C)CC(N)CN1c1ccccc1C(F)(F)F. The first kappa shape index (κ1) is 13.2. The van der Waals surface area contributed by atoms with E-state index in [0.29, 0.717) is 13.0 Å². The van der Waals surface area contributed by atoms with E-state index in [2.05, 4.69) is 0 Å². The average Bonchev–Trinajstić information content (AvgIpc) is 2.50. The molecule has 0 bridgehead atoms. The van der Waals surface area contributed by atoms with E-state index in [1.807, 2.05) is 13.8 Å². The molecule has 0 amide bonds. The number of benzene rings is 1. The van der Waals surface area contributed by atoms with E-state index >= 15 is 0 Å². The fourth-order valence-corrected chi connectivity index (χ4v) is 2.67. The van der Waals surface area contributed by atoms with Crippen molar-refractivity contribution in [1.82, 2.24) is 0 Å². The van der Waals surface area contributed by atoms with E-state index in [9.17, 15) is 13.2 Å². The number of para-hydroxylation sites is 1. The van der Waals surface area contributed by atoms with E-state index < -0.39 is 11.7 Å². The van der Waals surface area contributed by atoms with Gasteiger partial charge < -0.3 is 10.6 Å². The summed E-state index contributed by atoms with van der Waals surface area (Å²) in [6.07, 6.45) is -3.64. The van der Waals surface area contributed by atoms with E-state index in [1.165, 1.54) is 12.1 Å². The predicted octanol–water partition coefficient (Wildman–Crippen LogP) is 3.02. The van der Waals surface area contributed by atoms with Gasteiger partial charge in [0.1, 0.15) is 0 Å². The maximum absolute atomic E-state index is 13.0. The molecular weight excluding hydrogens is 241 g/mol. The first-order chi connectivity index (χ1) is 8.22. The Labute approximate surface area is 105 Å². The Hall–Kier alpha value is -1.23. The molecule has 0 saturated carbocycles. The van der Waals surface area contributed by atoms with Crippen molar-refractivity contribution < 1.29 is 13.2 Å². The molecule has 5 heteroatoms. The zero-order valence-electron chi connectivity index (χ0n) is 10.5. The fourth-order valence-electron chi connectivity index (χ4n) is 2.67. The van der Waals surface area contributed by atoms with Crippen LogP contribution in [0, 0.1) is 0 Å². The maximum atomic E-state index is 13.0. The van der Waals surface area contributed by atoms with E-state index in [0.717, 1.165) is 6.07 Å². The normalized spacial score (nSPS) is 23.4. The van der Waals surface area contributed by atoms with Gasteiger partial charge in [-0.1, -0.05) is 12.1 Å². The Morgan fingerprint density at radius 1 is 1.28 bits per heavy atom. The third-order valence-electron chi connectivity index (χ3n) is 3.41. The van der Waals surface area contributed by atoms with Crippen LogP contribution in [0.2, 0.25) is 0 Å². The lowest BCUT2D eigenvalue weighted by atomic mass is 9.99. The minimum atomic E-state index is -4.33. The lowest BCUT2D eigenvalue weighted by molar-refractivity contribution is -0.137. The number of alkyl halides is 3. The molecule has 1 aromatic rings. The monoisotopic (exact) mass is 258 g/mol. The third kappa shape index (κ3) is 2.32. The summed E-state index contributed by atoms with van der Waals surface area (Å²) >= 11 is 0. The van der Waals surface area contributed by atoms with Crippen molar-refractivity contribution in [3.8, 4) is 0 Å². The van der Waals surface area contributed by atoms with Gasteiger partial charge in [-0.15, -0.1) is 0 Å². The van der Waals surface area contributed by atoms with Crippen LogP contribution < -0.4 is 10.6 Å². The van der Waals surface area contributed by atoms with E-state index in [1.54, 1.807) is 11.0 Å². The van der Waals surface area contributed by atoms with Crippen molar-refractivity contribution in [2.24, 2.45) is 5.73 Å². The van der Waals surface area contributed by atoms with Crippen LogP contribution in [0.15, 0.2) is 24.3 Å². The first-order valence-electron chi connectivity index (χ1n) is 5.91. The van der Waals surface area contributed by atoms with Gasteiger partial charge in [0.2, 0.25) is 0 Å². The molecule has 1 heterocycles. The molecule has 1 unspecified atom stereocenters. The highest BCUT2D eigenvalue weighted by molar-refractivity contribution is 5.58. The molecule has 0 aliphatic carbocycles. The molecule has 2 nitrogen and oxygen atoms in total. The Bertz CT molecular complexity index is 440. The summed E-state index contributed by atoms with van der Waals surface area (Å²) in [5.74, 6) is 0. The summed E-state index contributed by atoms with van der Waals surface area (Å²) in [5.41, 5.74) is 5.16. The smallest absolute Gasteiger partial charge is 0.364 e. The van der Waals surface area contributed by atoms with Crippen LogP contribution >= 0.6 is 0 Å². The Balaban J connectivity index is 2.46. The second-order valence-corrected chi connectivity index (χ2v) is 5.40. The van der Waals surface area contributed by atoms with Gasteiger partial charge in [-0.25, -0.2) is 0 Å². The standard InChI is InChI=1S/C13H17F3N2/c1-12(2)7-9(17)8-18(12)11-6-4-3-5-10(11)13(14,15)16/h3-6,9H,7-8,17H2,1-2H3. The molecule has 1 aliphatic heterocycles. The van der Waals surface area contributed by atoms with E-state index in [-0.39, 0.29) is 17.3 Å². The van der Waals surface area contributed by atoms with Crippen LogP contribution in [0.3, 0.4) is 0 Å².